The van der Waals surface area contributed by atoms with Crippen LogP contribution in [0, 0.1) is 0 Å². The molecular formula is C5H16O8P2. The van der Waals surface area contributed by atoms with Gasteiger partial charge in [0.2, 0.25) is 0 Å². The molecule has 10 heteroatoms. The minimum Gasteiger partial charge on any atom is -0.303 e. The van der Waals surface area contributed by atoms with Gasteiger partial charge >= 0.3 is 15.6 Å². The van der Waals surface area contributed by atoms with Crippen LogP contribution in [-0.2, 0) is 27.2 Å². The Morgan fingerprint density at radius 3 is 1.33 bits per heavy atom. The topological polar surface area (TPSA) is 112 Å². The van der Waals surface area contributed by atoms with Gasteiger partial charge in [-0.25, -0.2) is 9.13 Å². The Bertz CT molecular complexity index is 216. The maximum Gasteiger partial charge on any atom is 0.473 e. The predicted molar refractivity (Wildman–Crippen MR) is 52.3 cm³/mol. The van der Waals surface area contributed by atoms with Gasteiger partial charge in [-0.2, -0.15) is 0 Å². The fourth-order valence-corrected chi connectivity index (χ4v) is 1.18. The van der Waals surface area contributed by atoms with Gasteiger partial charge in [-0.3, -0.25) is 18.1 Å². The molecule has 0 saturated heterocycles. The number of phosphoric acid groups is 2. The Labute approximate surface area is 88.3 Å². The zero-order valence-electron chi connectivity index (χ0n) is 8.95. The molecule has 0 amide bonds. The van der Waals surface area contributed by atoms with E-state index in [-0.39, 0.29) is 6.61 Å². The lowest BCUT2D eigenvalue weighted by Gasteiger charge is -2.08. The van der Waals surface area contributed by atoms with Crippen molar-refractivity contribution in [1.29, 1.82) is 0 Å². The van der Waals surface area contributed by atoms with E-state index in [9.17, 15) is 9.13 Å². The second-order valence-corrected chi connectivity index (χ2v) is 5.13. The Balaban J connectivity index is 0. The van der Waals surface area contributed by atoms with E-state index in [0.29, 0.717) is 0 Å². The van der Waals surface area contributed by atoms with Gasteiger partial charge in [0.05, 0.1) is 6.61 Å². The molecule has 0 aliphatic carbocycles. The largest absolute Gasteiger partial charge is 0.473 e. The van der Waals surface area contributed by atoms with Gasteiger partial charge in [-0.1, -0.05) is 0 Å². The van der Waals surface area contributed by atoms with Crippen molar-refractivity contribution in [2.75, 3.05) is 27.9 Å². The second kappa shape index (κ2) is 8.38. The van der Waals surface area contributed by atoms with Gasteiger partial charge in [-0.15, -0.1) is 0 Å². The van der Waals surface area contributed by atoms with Crippen molar-refractivity contribution >= 4 is 15.6 Å². The van der Waals surface area contributed by atoms with Crippen LogP contribution in [0.5, 0.6) is 0 Å². The van der Waals surface area contributed by atoms with Crippen LogP contribution in [0.4, 0.5) is 0 Å². The fraction of sp³-hybridized carbons (Fsp3) is 1.00. The van der Waals surface area contributed by atoms with Gasteiger partial charge in [-0.05, 0) is 6.92 Å². The Morgan fingerprint density at radius 2 is 1.33 bits per heavy atom. The van der Waals surface area contributed by atoms with Crippen LogP contribution < -0.4 is 0 Å². The zero-order valence-corrected chi connectivity index (χ0v) is 10.7. The van der Waals surface area contributed by atoms with E-state index < -0.39 is 15.6 Å². The van der Waals surface area contributed by atoms with Crippen molar-refractivity contribution in [2.24, 2.45) is 0 Å². The molecule has 8 nitrogen and oxygen atoms in total. The average Bonchev–Trinajstić information content (AvgIpc) is 2.16. The molecule has 0 aromatic carbocycles. The first-order valence-corrected chi connectivity index (χ1v) is 6.71. The lowest BCUT2D eigenvalue weighted by molar-refractivity contribution is 0.178. The first-order valence-electron chi connectivity index (χ1n) is 3.72. The van der Waals surface area contributed by atoms with E-state index in [1.54, 1.807) is 0 Å². The fourth-order valence-electron chi connectivity index (χ4n) is 0.392. The molecule has 0 aromatic rings. The molecule has 0 aromatic heterocycles. The molecule has 0 aliphatic heterocycles. The highest BCUT2D eigenvalue weighted by molar-refractivity contribution is 7.48. The maximum atomic E-state index is 10.7. The zero-order chi connectivity index (χ0) is 12.5. The number of hydrogen-bond acceptors (Lipinski definition) is 6. The number of hydrogen-bond donors (Lipinski definition) is 2. The highest BCUT2D eigenvalue weighted by atomic mass is 31.2. The van der Waals surface area contributed by atoms with E-state index in [2.05, 4.69) is 18.1 Å². The van der Waals surface area contributed by atoms with E-state index in [4.69, 9.17) is 9.79 Å². The van der Waals surface area contributed by atoms with Crippen LogP contribution >= 0.6 is 15.6 Å². The molecule has 2 N–H and O–H groups in total. The third-order valence-electron chi connectivity index (χ3n) is 0.968. The summed E-state index contributed by atoms with van der Waals surface area (Å²) in [5.41, 5.74) is 0. The molecule has 0 spiro atoms. The van der Waals surface area contributed by atoms with Crippen LogP contribution in [0.15, 0.2) is 0 Å². The summed E-state index contributed by atoms with van der Waals surface area (Å²) in [6.45, 7) is 1.56. The van der Waals surface area contributed by atoms with Crippen LogP contribution in [0.1, 0.15) is 6.92 Å². The van der Waals surface area contributed by atoms with E-state index in [1.807, 2.05) is 0 Å². The summed E-state index contributed by atoms with van der Waals surface area (Å²) in [7, 11) is -3.55. The third-order valence-corrected chi connectivity index (χ3v) is 2.90. The maximum absolute atomic E-state index is 10.7. The quantitative estimate of drug-likeness (QED) is 0.712. The lowest BCUT2D eigenvalue weighted by Crippen LogP contribution is -1.88. The Morgan fingerprint density at radius 1 is 1.00 bits per heavy atom. The normalized spacial score (nSPS) is 11.9. The van der Waals surface area contributed by atoms with Gasteiger partial charge < -0.3 is 9.79 Å². The van der Waals surface area contributed by atoms with Crippen molar-refractivity contribution < 1.29 is 37.0 Å². The highest BCUT2D eigenvalue weighted by Gasteiger charge is 2.18. The number of phosphoric ester groups is 2. The Hall–Kier alpha value is 0.220. The van der Waals surface area contributed by atoms with Gasteiger partial charge in [0, 0.05) is 21.3 Å². The smallest absolute Gasteiger partial charge is 0.303 e. The molecule has 15 heavy (non-hydrogen) atoms. The molecular weight excluding hydrogens is 250 g/mol. The highest BCUT2D eigenvalue weighted by Crippen LogP contribution is 2.46. The molecule has 0 radical (unpaired) electrons. The molecule has 0 atom stereocenters. The summed E-state index contributed by atoms with van der Waals surface area (Å²) in [4.78, 5) is 15.8. The average molecular weight is 266 g/mol. The van der Waals surface area contributed by atoms with Crippen LogP contribution in [0.25, 0.3) is 0 Å². The van der Waals surface area contributed by atoms with E-state index in [1.165, 1.54) is 28.3 Å². The van der Waals surface area contributed by atoms with Crippen LogP contribution in [0.2, 0.25) is 0 Å². The van der Waals surface area contributed by atoms with Gasteiger partial charge in [0.1, 0.15) is 0 Å². The standard InChI is InChI=1S/C3H9O4P.C2H7O4P/c1-5-8(4,6-2)7-3;1-2-6-7(3,4)5/h1-3H3;2H2,1H3,(H2,3,4,5). The minimum atomic E-state index is -4.17. The molecule has 0 unspecified atom stereocenters. The summed E-state index contributed by atoms with van der Waals surface area (Å²) in [6.07, 6.45) is 0. The van der Waals surface area contributed by atoms with Crippen molar-refractivity contribution in [3.63, 3.8) is 0 Å². The molecule has 0 bridgehead atoms. The molecule has 0 heterocycles. The summed E-state index contributed by atoms with van der Waals surface area (Å²) >= 11 is 0. The first-order chi connectivity index (χ1) is 6.74. The molecule has 0 fully saturated rings. The molecule has 94 valence electrons. The van der Waals surface area contributed by atoms with Crippen molar-refractivity contribution in [3.8, 4) is 0 Å². The van der Waals surface area contributed by atoms with Crippen LogP contribution in [-0.4, -0.2) is 37.7 Å². The monoisotopic (exact) mass is 266 g/mol. The van der Waals surface area contributed by atoms with Crippen molar-refractivity contribution in [3.05, 3.63) is 0 Å². The van der Waals surface area contributed by atoms with Gasteiger partial charge in [0.25, 0.3) is 0 Å². The third kappa shape index (κ3) is 12.2. The Kier molecular flexibility index (Phi) is 9.84. The summed E-state index contributed by atoms with van der Waals surface area (Å²) in [5.74, 6) is 0. The summed E-state index contributed by atoms with van der Waals surface area (Å²) < 4.78 is 37.3. The van der Waals surface area contributed by atoms with Crippen molar-refractivity contribution in [2.45, 2.75) is 6.92 Å². The van der Waals surface area contributed by atoms with Crippen LogP contribution in [0.3, 0.4) is 0 Å². The van der Waals surface area contributed by atoms with E-state index in [0.717, 1.165) is 0 Å². The lowest BCUT2D eigenvalue weighted by atomic mass is 10.9. The first kappa shape index (κ1) is 17.6. The van der Waals surface area contributed by atoms with Gasteiger partial charge in [0.15, 0.2) is 0 Å². The summed E-state index contributed by atoms with van der Waals surface area (Å²) in [5, 5.41) is 0. The molecule has 0 saturated carbocycles. The molecule has 0 aliphatic rings. The predicted octanol–water partition coefficient (Wildman–Crippen LogP) is 1.15. The number of rotatable bonds is 5. The second-order valence-electron chi connectivity index (χ2n) is 1.90. The van der Waals surface area contributed by atoms with E-state index >= 15 is 0 Å². The SMILES string of the molecule is CCOP(=O)(O)O.COP(=O)(OC)OC. The minimum absolute atomic E-state index is 0.0459. The molecule has 0 rings (SSSR count). The van der Waals surface area contributed by atoms with Crippen molar-refractivity contribution in [1.82, 2.24) is 0 Å². The summed E-state index contributed by atoms with van der Waals surface area (Å²) in [6, 6.07) is 0.